The van der Waals surface area contributed by atoms with Crippen molar-refractivity contribution in [2.75, 3.05) is 23.7 Å². The maximum absolute atomic E-state index is 6.02. The van der Waals surface area contributed by atoms with E-state index >= 15 is 0 Å². The van der Waals surface area contributed by atoms with E-state index in [9.17, 15) is 0 Å². The first-order chi connectivity index (χ1) is 7.99. The first-order valence-corrected chi connectivity index (χ1v) is 7.07. The fraction of sp³-hybridized carbons (Fsp3) is 0.615. The van der Waals surface area contributed by atoms with E-state index in [2.05, 4.69) is 29.8 Å². The van der Waals surface area contributed by atoms with Gasteiger partial charge in [0.05, 0.1) is 0 Å². The van der Waals surface area contributed by atoms with Gasteiger partial charge in [0.25, 0.3) is 0 Å². The highest BCUT2D eigenvalue weighted by molar-refractivity contribution is 8.00. The maximum atomic E-state index is 6.02. The zero-order chi connectivity index (χ0) is 12.5. The largest absolute Gasteiger partial charge is 0.354 e. The van der Waals surface area contributed by atoms with E-state index in [1.807, 2.05) is 30.9 Å². The van der Waals surface area contributed by atoms with E-state index in [0.717, 1.165) is 30.2 Å². The molecule has 0 amide bonds. The van der Waals surface area contributed by atoms with Crippen LogP contribution in [-0.4, -0.2) is 28.6 Å². The second kappa shape index (κ2) is 4.86. The van der Waals surface area contributed by atoms with Crippen LogP contribution in [0.15, 0.2) is 18.3 Å². The normalized spacial score (nSPS) is 21.3. The number of nitrogens with two attached hydrogens (primary N) is 1. The molecule has 1 unspecified atom stereocenters. The molecule has 0 spiro atoms. The number of pyridine rings is 1. The second-order valence-corrected chi connectivity index (χ2v) is 7.04. The lowest BCUT2D eigenvalue weighted by atomic mass is 10.1. The Morgan fingerprint density at radius 3 is 2.94 bits per heavy atom. The van der Waals surface area contributed by atoms with Crippen LogP contribution < -0.4 is 10.6 Å². The van der Waals surface area contributed by atoms with Gasteiger partial charge in [0, 0.05) is 41.4 Å². The molecule has 1 aliphatic heterocycles. The number of hydrogen-bond donors (Lipinski definition) is 1. The summed E-state index contributed by atoms with van der Waals surface area (Å²) >= 11 is 2.03. The molecule has 1 saturated heterocycles. The highest BCUT2D eigenvalue weighted by Gasteiger charge is 2.28. The topological polar surface area (TPSA) is 42.1 Å². The summed E-state index contributed by atoms with van der Waals surface area (Å²) < 4.78 is 0.297. The number of aromatic nitrogens is 1. The van der Waals surface area contributed by atoms with Crippen LogP contribution in [0.5, 0.6) is 0 Å². The van der Waals surface area contributed by atoms with Crippen molar-refractivity contribution in [1.29, 1.82) is 0 Å². The summed E-state index contributed by atoms with van der Waals surface area (Å²) in [5.74, 6) is 2.22. The molecule has 17 heavy (non-hydrogen) atoms. The summed E-state index contributed by atoms with van der Waals surface area (Å²) in [6.45, 7) is 8.69. The van der Waals surface area contributed by atoms with Crippen LogP contribution in [0, 0.1) is 0 Å². The van der Waals surface area contributed by atoms with Crippen LogP contribution in [0.3, 0.4) is 0 Å². The molecular formula is C13H21N3S. The summed E-state index contributed by atoms with van der Waals surface area (Å²) in [4.78, 5) is 6.90. The second-order valence-electron chi connectivity index (χ2n) is 5.23. The van der Waals surface area contributed by atoms with Crippen molar-refractivity contribution in [1.82, 2.24) is 4.98 Å². The van der Waals surface area contributed by atoms with Gasteiger partial charge in [-0.1, -0.05) is 6.07 Å². The molecule has 4 heteroatoms. The molecule has 1 aliphatic rings. The van der Waals surface area contributed by atoms with E-state index in [-0.39, 0.29) is 6.04 Å². The van der Waals surface area contributed by atoms with Crippen molar-refractivity contribution in [3.8, 4) is 0 Å². The average Bonchev–Trinajstić information content (AvgIpc) is 2.27. The molecule has 1 aromatic heterocycles. The van der Waals surface area contributed by atoms with E-state index in [4.69, 9.17) is 5.73 Å². The fourth-order valence-corrected chi connectivity index (χ4v) is 3.34. The number of thioether (sulfide) groups is 1. The van der Waals surface area contributed by atoms with Crippen molar-refractivity contribution >= 4 is 17.6 Å². The SMILES string of the molecule is CC(N)c1cccnc1N1CCSC(C)(C)C1. The summed E-state index contributed by atoms with van der Waals surface area (Å²) in [6, 6.07) is 4.09. The standard InChI is InChI=1S/C13H21N3S/c1-10(14)11-5-4-6-15-12(11)16-7-8-17-13(2,3)9-16/h4-6,10H,7-9,14H2,1-3H3. The van der Waals surface area contributed by atoms with Gasteiger partial charge in [-0.25, -0.2) is 4.98 Å². The van der Waals surface area contributed by atoms with E-state index < -0.39 is 0 Å². The van der Waals surface area contributed by atoms with Crippen molar-refractivity contribution in [3.63, 3.8) is 0 Å². The molecule has 0 bridgehead atoms. The molecule has 2 N–H and O–H groups in total. The fourth-order valence-electron chi connectivity index (χ4n) is 2.23. The van der Waals surface area contributed by atoms with Crippen molar-refractivity contribution in [2.24, 2.45) is 5.73 Å². The van der Waals surface area contributed by atoms with Crippen LogP contribution in [0.25, 0.3) is 0 Å². The molecule has 0 saturated carbocycles. The third-order valence-corrected chi connectivity index (χ3v) is 4.33. The van der Waals surface area contributed by atoms with Gasteiger partial charge in [-0.2, -0.15) is 11.8 Å². The highest BCUT2D eigenvalue weighted by atomic mass is 32.2. The van der Waals surface area contributed by atoms with Crippen molar-refractivity contribution < 1.29 is 0 Å². The Morgan fingerprint density at radius 1 is 1.53 bits per heavy atom. The monoisotopic (exact) mass is 251 g/mol. The summed E-state index contributed by atoms with van der Waals surface area (Å²) in [5.41, 5.74) is 7.17. The Morgan fingerprint density at radius 2 is 2.29 bits per heavy atom. The van der Waals surface area contributed by atoms with Crippen LogP contribution >= 0.6 is 11.8 Å². The Kier molecular flexibility index (Phi) is 3.64. The predicted octanol–water partition coefficient (Wildman–Crippen LogP) is 2.43. The maximum Gasteiger partial charge on any atom is 0.133 e. The minimum atomic E-state index is 0.0383. The van der Waals surface area contributed by atoms with Gasteiger partial charge in [0.15, 0.2) is 0 Å². The molecule has 3 nitrogen and oxygen atoms in total. The van der Waals surface area contributed by atoms with E-state index in [1.54, 1.807) is 0 Å². The van der Waals surface area contributed by atoms with Crippen LogP contribution in [0.4, 0.5) is 5.82 Å². The Balaban J connectivity index is 2.27. The lowest BCUT2D eigenvalue weighted by Crippen LogP contribution is -2.44. The van der Waals surface area contributed by atoms with Gasteiger partial charge in [-0.05, 0) is 26.8 Å². The first kappa shape index (κ1) is 12.7. The van der Waals surface area contributed by atoms with Crippen LogP contribution in [0.1, 0.15) is 32.4 Å². The molecule has 2 heterocycles. The van der Waals surface area contributed by atoms with Gasteiger partial charge in [0.2, 0.25) is 0 Å². The van der Waals surface area contributed by atoms with Crippen LogP contribution in [-0.2, 0) is 0 Å². The summed E-state index contributed by atoms with van der Waals surface area (Å²) in [7, 11) is 0. The summed E-state index contributed by atoms with van der Waals surface area (Å²) in [5, 5.41) is 0. The molecule has 1 atom stereocenters. The smallest absolute Gasteiger partial charge is 0.133 e. The zero-order valence-electron chi connectivity index (χ0n) is 10.8. The van der Waals surface area contributed by atoms with Gasteiger partial charge in [0.1, 0.15) is 5.82 Å². The molecule has 1 fully saturated rings. The minimum Gasteiger partial charge on any atom is -0.354 e. The molecule has 1 aromatic rings. The molecule has 2 rings (SSSR count). The van der Waals surface area contributed by atoms with Gasteiger partial charge < -0.3 is 10.6 Å². The Hall–Kier alpha value is -0.740. The number of anilines is 1. The lowest BCUT2D eigenvalue weighted by molar-refractivity contribution is 0.636. The quantitative estimate of drug-likeness (QED) is 0.876. The van der Waals surface area contributed by atoms with Gasteiger partial charge in [-0.15, -0.1) is 0 Å². The van der Waals surface area contributed by atoms with Crippen molar-refractivity contribution in [3.05, 3.63) is 23.9 Å². The number of rotatable bonds is 2. The highest BCUT2D eigenvalue weighted by Crippen LogP contribution is 2.33. The molecule has 0 radical (unpaired) electrons. The lowest BCUT2D eigenvalue weighted by Gasteiger charge is -2.39. The Labute approximate surface area is 108 Å². The number of nitrogens with zero attached hydrogens (tertiary/aromatic N) is 2. The third kappa shape index (κ3) is 2.93. The minimum absolute atomic E-state index is 0.0383. The molecular weight excluding hydrogens is 230 g/mol. The molecule has 94 valence electrons. The predicted molar refractivity (Wildman–Crippen MR) is 75.6 cm³/mol. The third-order valence-electron chi connectivity index (χ3n) is 3.03. The van der Waals surface area contributed by atoms with Crippen LogP contribution in [0.2, 0.25) is 0 Å². The average molecular weight is 251 g/mol. The first-order valence-electron chi connectivity index (χ1n) is 6.09. The van der Waals surface area contributed by atoms with Crippen molar-refractivity contribution in [2.45, 2.75) is 31.6 Å². The molecule has 0 aromatic carbocycles. The van der Waals surface area contributed by atoms with Gasteiger partial charge >= 0.3 is 0 Å². The van der Waals surface area contributed by atoms with Gasteiger partial charge in [-0.3, -0.25) is 0 Å². The van der Waals surface area contributed by atoms with E-state index in [1.165, 1.54) is 0 Å². The zero-order valence-corrected chi connectivity index (χ0v) is 11.6. The van der Waals surface area contributed by atoms with E-state index in [0.29, 0.717) is 4.75 Å². The Bertz CT molecular complexity index is 390. The number of hydrogen-bond acceptors (Lipinski definition) is 4. The molecule has 0 aliphatic carbocycles. The summed E-state index contributed by atoms with van der Waals surface area (Å²) in [6.07, 6.45) is 1.86.